The van der Waals surface area contributed by atoms with E-state index in [-0.39, 0.29) is 12.5 Å². The van der Waals surface area contributed by atoms with Crippen molar-refractivity contribution in [3.63, 3.8) is 0 Å². The Hall–Kier alpha value is -1.89. The van der Waals surface area contributed by atoms with E-state index in [2.05, 4.69) is 28.2 Å². The number of piperidine rings is 1. The Kier molecular flexibility index (Phi) is 4.86. The van der Waals surface area contributed by atoms with Gasteiger partial charge in [-0.05, 0) is 43.4 Å². The summed E-state index contributed by atoms with van der Waals surface area (Å²) in [5.41, 5.74) is -0.473. The first kappa shape index (κ1) is 17.9. The van der Waals surface area contributed by atoms with Crippen molar-refractivity contribution in [3.8, 4) is 0 Å². The van der Waals surface area contributed by atoms with Gasteiger partial charge in [-0.1, -0.05) is 35.0 Å². The molecule has 2 fully saturated rings. The van der Waals surface area contributed by atoms with E-state index in [1.807, 2.05) is 12.1 Å². The smallest absolute Gasteiger partial charge is 0.325 e. The molecular formula is C18H22BrN3O3. The van der Waals surface area contributed by atoms with E-state index in [0.717, 1.165) is 22.2 Å². The molecule has 0 saturated carbocycles. The number of imide groups is 1. The number of nitrogens with one attached hydrogen (secondary N) is 1. The quantitative estimate of drug-likeness (QED) is 0.782. The van der Waals surface area contributed by atoms with Gasteiger partial charge >= 0.3 is 6.03 Å². The molecule has 0 bridgehead atoms. The summed E-state index contributed by atoms with van der Waals surface area (Å²) >= 11 is 3.38. The Bertz CT molecular complexity index is 715. The molecule has 134 valence electrons. The lowest BCUT2D eigenvalue weighted by molar-refractivity contribution is -0.139. The molecule has 25 heavy (non-hydrogen) atoms. The SMILES string of the molecule is CC1CCN(C(=O)CN2C(=O)N[C@](C)(c3cccc(Br)c3)C2=O)CC1. The molecule has 6 nitrogen and oxygen atoms in total. The second-order valence-corrected chi connectivity index (χ2v) is 7.94. The number of nitrogens with zero attached hydrogens (tertiary/aromatic N) is 2. The van der Waals surface area contributed by atoms with Gasteiger partial charge in [0.05, 0.1) is 0 Å². The molecule has 7 heteroatoms. The number of rotatable bonds is 3. The minimum atomic E-state index is -1.16. The van der Waals surface area contributed by atoms with Crippen LogP contribution in [0.25, 0.3) is 0 Å². The molecule has 1 atom stereocenters. The topological polar surface area (TPSA) is 69.7 Å². The van der Waals surface area contributed by atoms with Gasteiger partial charge < -0.3 is 10.2 Å². The van der Waals surface area contributed by atoms with Crippen LogP contribution in [0, 0.1) is 5.92 Å². The molecule has 1 aromatic rings. The van der Waals surface area contributed by atoms with Crippen LogP contribution >= 0.6 is 15.9 Å². The molecule has 1 aromatic carbocycles. The maximum atomic E-state index is 12.9. The van der Waals surface area contributed by atoms with Gasteiger partial charge in [0.25, 0.3) is 5.91 Å². The predicted octanol–water partition coefficient (Wildman–Crippen LogP) is 2.47. The van der Waals surface area contributed by atoms with Crippen LogP contribution < -0.4 is 5.32 Å². The monoisotopic (exact) mass is 407 g/mol. The highest BCUT2D eigenvalue weighted by Gasteiger charge is 2.49. The average molecular weight is 408 g/mol. The summed E-state index contributed by atoms with van der Waals surface area (Å²) in [6.07, 6.45) is 1.92. The number of carbonyl (C=O) groups is 3. The number of halogens is 1. The number of hydrogen-bond acceptors (Lipinski definition) is 3. The first-order chi connectivity index (χ1) is 11.8. The van der Waals surface area contributed by atoms with Crippen molar-refractivity contribution in [2.45, 2.75) is 32.2 Å². The zero-order valence-corrected chi connectivity index (χ0v) is 16.0. The molecule has 2 aliphatic rings. The third-order valence-electron chi connectivity index (χ3n) is 5.11. The average Bonchev–Trinajstić information content (AvgIpc) is 2.80. The lowest BCUT2D eigenvalue weighted by Crippen LogP contribution is -2.46. The maximum Gasteiger partial charge on any atom is 0.325 e. The second-order valence-electron chi connectivity index (χ2n) is 7.02. The summed E-state index contributed by atoms with van der Waals surface area (Å²) < 4.78 is 0.824. The highest BCUT2D eigenvalue weighted by atomic mass is 79.9. The van der Waals surface area contributed by atoms with Gasteiger partial charge in [0, 0.05) is 17.6 Å². The summed E-state index contributed by atoms with van der Waals surface area (Å²) in [6.45, 7) is 5.01. The van der Waals surface area contributed by atoms with Crippen LogP contribution in [0.1, 0.15) is 32.3 Å². The van der Waals surface area contributed by atoms with E-state index in [4.69, 9.17) is 0 Å². The first-order valence-corrected chi connectivity index (χ1v) is 9.28. The second kappa shape index (κ2) is 6.78. The first-order valence-electron chi connectivity index (χ1n) is 8.49. The van der Waals surface area contributed by atoms with Crippen molar-refractivity contribution < 1.29 is 14.4 Å². The maximum absolute atomic E-state index is 12.9. The Morgan fingerprint density at radius 2 is 2.00 bits per heavy atom. The van der Waals surface area contributed by atoms with Gasteiger partial charge in [-0.2, -0.15) is 0 Å². The normalized spacial score (nSPS) is 24.6. The van der Waals surface area contributed by atoms with E-state index in [0.29, 0.717) is 24.6 Å². The van der Waals surface area contributed by atoms with Gasteiger partial charge in [0.2, 0.25) is 5.91 Å². The molecule has 2 aliphatic heterocycles. The summed E-state index contributed by atoms with van der Waals surface area (Å²) in [4.78, 5) is 40.5. The number of amides is 4. The number of urea groups is 1. The highest BCUT2D eigenvalue weighted by molar-refractivity contribution is 9.10. The lowest BCUT2D eigenvalue weighted by atomic mass is 9.92. The van der Waals surface area contributed by atoms with Crippen molar-refractivity contribution in [2.75, 3.05) is 19.6 Å². The fourth-order valence-corrected chi connectivity index (χ4v) is 3.73. The lowest BCUT2D eigenvalue weighted by Gasteiger charge is -2.31. The third-order valence-corrected chi connectivity index (χ3v) is 5.60. The Morgan fingerprint density at radius 1 is 1.32 bits per heavy atom. The summed E-state index contributed by atoms with van der Waals surface area (Å²) in [5.74, 6) is 0.0452. The number of likely N-dealkylation sites (tertiary alicyclic amines) is 1. The molecule has 2 heterocycles. The van der Waals surface area contributed by atoms with Crippen LogP contribution in [0.15, 0.2) is 28.7 Å². The van der Waals surface area contributed by atoms with Crippen molar-refractivity contribution in [3.05, 3.63) is 34.3 Å². The van der Waals surface area contributed by atoms with Crippen LogP contribution in [-0.4, -0.2) is 47.3 Å². The minimum absolute atomic E-state index is 0.172. The molecular weight excluding hydrogens is 386 g/mol. The molecule has 4 amide bonds. The van der Waals surface area contributed by atoms with E-state index in [1.165, 1.54) is 0 Å². The summed E-state index contributed by atoms with van der Waals surface area (Å²) in [7, 11) is 0. The van der Waals surface area contributed by atoms with Crippen LogP contribution in [0.5, 0.6) is 0 Å². The molecule has 2 saturated heterocycles. The van der Waals surface area contributed by atoms with Crippen molar-refractivity contribution in [1.29, 1.82) is 0 Å². The fourth-order valence-electron chi connectivity index (χ4n) is 3.33. The molecule has 0 radical (unpaired) electrons. The van der Waals surface area contributed by atoms with E-state index in [1.54, 1.807) is 24.0 Å². The molecule has 0 spiro atoms. The standard InChI is InChI=1S/C18H22BrN3O3/c1-12-6-8-21(9-7-12)15(23)11-22-16(24)18(2,20-17(22)25)13-4-3-5-14(19)10-13/h3-5,10,12H,6-9,11H2,1-2H3,(H,20,25)/t18-/m1/s1. The Labute approximate surface area is 155 Å². The minimum Gasteiger partial charge on any atom is -0.341 e. The molecule has 1 N–H and O–H groups in total. The van der Waals surface area contributed by atoms with Gasteiger partial charge in [-0.25, -0.2) is 4.79 Å². The van der Waals surface area contributed by atoms with Crippen molar-refractivity contribution >= 4 is 33.8 Å². The van der Waals surface area contributed by atoms with Crippen molar-refractivity contribution in [1.82, 2.24) is 15.1 Å². The van der Waals surface area contributed by atoms with Crippen LogP contribution in [0.4, 0.5) is 4.79 Å². The summed E-state index contributed by atoms with van der Waals surface area (Å²) in [6, 6.07) is 6.74. The Balaban J connectivity index is 1.74. The highest BCUT2D eigenvalue weighted by Crippen LogP contribution is 2.30. The largest absolute Gasteiger partial charge is 0.341 e. The van der Waals surface area contributed by atoms with Crippen LogP contribution in [-0.2, 0) is 15.1 Å². The van der Waals surface area contributed by atoms with Gasteiger partial charge in [0.1, 0.15) is 12.1 Å². The van der Waals surface area contributed by atoms with Crippen LogP contribution in [0.2, 0.25) is 0 Å². The molecule has 0 unspecified atom stereocenters. The van der Waals surface area contributed by atoms with E-state index in [9.17, 15) is 14.4 Å². The summed E-state index contributed by atoms with van der Waals surface area (Å²) in [5, 5.41) is 2.73. The van der Waals surface area contributed by atoms with E-state index >= 15 is 0 Å². The number of hydrogen-bond donors (Lipinski definition) is 1. The fraction of sp³-hybridized carbons (Fsp3) is 0.500. The Morgan fingerprint density at radius 3 is 2.64 bits per heavy atom. The zero-order valence-electron chi connectivity index (χ0n) is 14.4. The molecule has 0 aromatic heterocycles. The molecule has 3 rings (SSSR count). The zero-order chi connectivity index (χ0) is 18.2. The number of carbonyl (C=O) groups excluding carboxylic acids is 3. The van der Waals surface area contributed by atoms with Gasteiger partial charge in [0.15, 0.2) is 0 Å². The van der Waals surface area contributed by atoms with Crippen LogP contribution in [0.3, 0.4) is 0 Å². The van der Waals surface area contributed by atoms with E-state index < -0.39 is 17.5 Å². The number of benzene rings is 1. The predicted molar refractivity (Wildman–Crippen MR) is 96.7 cm³/mol. The van der Waals surface area contributed by atoms with Gasteiger partial charge in [-0.3, -0.25) is 14.5 Å². The van der Waals surface area contributed by atoms with Crippen molar-refractivity contribution in [2.24, 2.45) is 5.92 Å². The third kappa shape index (κ3) is 3.42. The molecule has 0 aliphatic carbocycles. The van der Waals surface area contributed by atoms with Gasteiger partial charge in [-0.15, -0.1) is 0 Å².